The van der Waals surface area contributed by atoms with E-state index in [1.54, 1.807) is 18.3 Å². The molecule has 1 unspecified atom stereocenters. The molecule has 6 rings (SSSR count). The first-order valence-electron chi connectivity index (χ1n) is 13.3. The van der Waals surface area contributed by atoms with Gasteiger partial charge in [0.15, 0.2) is 11.2 Å². The lowest BCUT2D eigenvalue weighted by molar-refractivity contribution is -0.152. The number of hydrogen-bond acceptors (Lipinski definition) is 7. The minimum Gasteiger partial charge on any atom is -0.495 e. The SMILES string of the molecule is COc1cncc2c1[C@]1(O)[C@H](O)[C@H](CN(C)Cc3ccccc3)C(c3ccccc3)[C@]1(c1ccc(C#N)cc1)O2. The van der Waals surface area contributed by atoms with Crippen LogP contribution in [0.25, 0.3) is 0 Å². The van der Waals surface area contributed by atoms with Gasteiger partial charge in [-0.15, -0.1) is 0 Å². The molecule has 5 atom stereocenters. The van der Waals surface area contributed by atoms with Gasteiger partial charge in [-0.25, -0.2) is 0 Å². The third-order valence-corrected chi connectivity index (χ3v) is 8.43. The van der Waals surface area contributed by atoms with E-state index in [0.29, 0.717) is 41.3 Å². The van der Waals surface area contributed by atoms with Crippen LogP contribution >= 0.6 is 0 Å². The number of fused-ring (bicyclic) bond motifs is 3. The quantitative estimate of drug-likeness (QED) is 0.365. The van der Waals surface area contributed by atoms with E-state index >= 15 is 0 Å². The Balaban J connectivity index is 1.56. The number of hydrogen-bond donors (Lipinski definition) is 2. The lowest BCUT2D eigenvalue weighted by Gasteiger charge is -2.41. The molecule has 7 heteroatoms. The second-order valence-electron chi connectivity index (χ2n) is 10.7. The van der Waals surface area contributed by atoms with Gasteiger partial charge in [0.1, 0.15) is 11.5 Å². The highest BCUT2D eigenvalue weighted by molar-refractivity contribution is 5.59. The fourth-order valence-electron chi connectivity index (χ4n) is 6.85. The number of ether oxygens (including phenoxy) is 2. The highest BCUT2D eigenvalue weighted by Gasteiger charge is 2.76. The zero-order valence-electron chi connectivity index (χ0n) is 22.4. The molecule has 7 nitrogen and oxygen atoms in total. The Kier molecular flexibility index (Phi) is 6.55. The average molecular weight is 534 g/mol. The Bertz CT molecular complexity index is 1540. The highest BCUT2D eigenvalue weighted by atomic mass is 16.5. The molecule has 0 spiro atoms. The molecule has 2 heterocycles. The number of rotatable bonds is 7. The molecule has 3 aromatic carbocycles. The Morgan fingerprint density at radius 1 is 1.00 bits per heavy atom. The van der Waals surface area contributed by atoms with E-state index in [4.69, 9.17) is 9.47 Å². The molecule has 1 saturated carbocycles. The monoisotopic (exact) mass is 533 g/mol. The van der Waals surface area contributed by atoms with Crippen LogP contribution in [-0.4, -0.2) is 46.9 Å². The van der Waals surface area contributed by atoms with Crippen LogP contribution < -0.4 is 9.47 Å². The summed E-state index contributed by atoms with van der Waals surface area (Å²) in [5.74, 6) is -0.179. The van der Waals surface area contributed by atoms with E-state index in [2.05, 4.69) is 28.1 Å². The maximum absolute atomic E-state index is 12.9. The van der Waals surface area contributed by atoms with Crippen molar-refractivity contribution in [1.29, 1.82) is 5.26 Å². The molecule has 0 bridgehead atoms. The third kappa shape index (κ3) is 3.80. The number of aromatic nitrogens is 1. The summed E-state index contributed by atoms with van der Waals surface area (Å²) in [6.45, 7) is 1.17. The van der Waals surface area contributed by atoms with Crippen LogP contribution in [0.2, 0.25) is 0 Å². The molecule has 2 aliphatic rings. The molecule has 4 aromatic rings. The molecule has 0 saturated heterocycles. The number of benzene rings is 3. The van der Waals surface area contributed by atoms with E-state index < -0.39 is 29.1 Å². The summed E-state index contributed by atoms with van der Waals surface area (Å²) < 4.78 is 12.5. The van der Waals surface area contributed by atoms with Crippen LogP contribution in [0.1, 0.15) is 33.7 Å². The lowest BCUT2D eigenvalue weighted by Crippen LogP contribution is -2.52. The van der Waals surface area contributed by atoms with E-state index in [-0.39, 0.29) is 0 Å². The van der Waals surface area contributed by atoms with Gasteiger partial charge in [-0.2, -0.15) is 5.26 Å². The molecular weight excluding hydrogens is 502 g/mol. The molecule has 1 fully saturated rings. The summed E-state index contributed by atoms with van der Waals surface area (Å²) in [6, 6.07) is 29.3. The molecule has 1 aliphatic carbocycles. The lowest BCUT2D eigenvalue weighted by atomic mass is 9.70. The minimum absolute atomic E-state index is 0.347. The van der Waals surface area contributed by atoms with Crippen molar-refractivity contribution in [3.05, 3.63) is 125 Å². The van der Waals surface area contributed by atoms with Gasteiger partial charge in [-0.1, -0.05) is 72.8 Å². The maximum atomic E-state index is 12.9. The van der Waals surface area contributed by atoms with Crippen molar-refractivity contribution in [1.82, 2.24) is 9.88 Å². The first-order chi connectivity index (χ1) is 19.4. The van der Waals surface area contributed by atoms with Crippen molar-refractivity contribution in [2.24, 2.45) is 5.92 Å². The highest BCUT2D eigenvalue weighted by Crippen LogP contribution is 2.69. The molecule has 1 aliphatic heterocycles. The molecule has 40 heavy (non-hydrogen) atoms. The summed E-state index contributed by atoms with van der Waals surface area (Å²) >= 11 is 0. The Hall–Kier alpha value is -4.22. The van der Waals surface area contributed by atoms with Crippen molar-refractivity contribution < 1.29 is 19.7 Å². The minimum atomic E-state index is -1.87. The summed E-state index contributed by atoms with van der Waals surface area (Å²) in [6.07, 6.45) is 1.88. The summed E-state index contributed by atoms with van der Waals surface area (Å²) in [7, 11) is 3.54. The maximum Gasteiger partial charge on any atom is 0.177 e. The zero-order chi connectivity index (χ0) is 27.9. The van der Waals surface area contributed by atoms with Crippen molar-refractivity contribution >= 4 is 0 Å². The fraction of sp³-hybridized carbons (Fsp3) is 0.273. The fourth-order valence-corrected chi connectivity index (χ4v) is 6.85. The first kappa shape index (κ1) is 26.0. The molecule has 0 amide bonds. The number of aliphatic hydroxyl groups excluding tert-OH is 1. The topological polar surface area (TPSA) is 98.8 Å². The smallest absolute Gasteiger partial charge is 0.177 e. The normalized spacial score (nSPS) is 26.6. The largest absolute Gasteiger partial charge is 0.495 e. The van der Waals surface area contributed by atoms with Gasteiger partial charge in [-0.05, 0) is 35.9 Å². The summed E-state index contributed by atoms with van der Waals surface area (Å²) in [5.41, 5.74) is 0.336. The number of nitrogens with zero attached hydrogens (tertiary/aromatic N) is 3. The molecule has 0 radical (unpaired) electrons. The van der Waals surface area contributed by atoms with Gasteiger partial charge in [0, 0.05) is 24.9 Å². The first-order valence-corrected chi connectivity index (χ1v) is 13.3. The van der Waals surface area contributed by atoms with Crippen LogP contribution in [0.3, 0.4) is 0 Å². The van der Waals surface area contributed by atoms with Gasteiger partial charge < -0.3 is 24.6 Å². The van der Waals surface area contributed by atoms with Crippen LogP contribution in [0.5, 0.6) is 11.5 Å². The van der Waals surface area contributed by atoms with Crippen molar-refractivity contribution in [2.45, 2.75) is 29.8 Å². The van der Waals surface area contributed by atoms with E-state index in [0.717, 1.165) is 11.1 Å². The number of nitriles is 1. The second-order valence-corrected chi connectivity index (χ2v) is 10.7. The number of pyridine rings is 1. The van der Waals surface area contributed by atoms with Gasteiger partial charge >= 0.3 is 0 Å². The zero-order valence-corrected chi connectivity index (χ0v) is 22.4. The van der Waals surface area contributed by atoms with Gasteiger partial charge in [0.05, 0.1) is 42.8 Å². The molecule has 202 valence electrons. The van der Waals surface area contributed by atoms with Crippen molar-refractivity contribution in [3.8, 4) is 17.6 Å². The second kappa shape index (κ2) is 10.1. The number of methoxy groups -OCH3 is 1. The molecule has 1 aromatic heterocycles. The van der Waals surface area contributed by atoms with Crippen LogP contribution in [0.15, 0.2) is 97.3 Å². The van der Waals surface area contributed by atoms with Gasteiger partial charge in [-0.3, -0.25) is 4.98 Å². The Morgan fingerprint density at radius 3 is 2.33 bits per heavy atom. The van der Waals surface area contributed by atoms with Gasteiger partial charge in [0.25, 0.3) is 0 Å². The van der Waals surface area contributed by atoms with E-state index in [1.165, 1.54) is 13.3 Å². The predicted octanol–water partition coefficient (Wildman–Crippen LogP) is 4.34. The third-order valence-electron chi connectivity index (χ3n) is 8.43. The number of aliphatic hydroxyl groups is 2. The Labute approximate surface area is 233 Å². The predicted molar refractivity (Wildman–Crippen MR) is 150 cm³/mol. The molecule has 2 N–H and O–H groups in total. The van der Waals surface area contributed by atoms with Crippen molar-refractivity contribution in [2.75, 3.05) is 20.7 Å². The van der Waals surface area contributed by atoms with E-state index in [1.807, 2.05) is 67.7 Å². The average Bonchev–Trinajstić information content (AvgIpc) is 3.36. The summed E-state index contributed by atoms with van der Waals surface area (Å²) in [4.78, 5) is 6.45. The summed E-state index contributed by atoms with van der Waals surface area (Å²) in [5, 5.41) is 34.7. The Morgan fingerprint density at radius 2 is 1.68 bits per heavy atom. The van der Waals surface area contributed by atoms with E-state index in [9.17, 15) is 15.5 Å². The molecular formula is C33H31N3O4. The van der Waals surface area contributed by atoms with Gasteiger partial charge in [0.2, 0.25) is 0 Å². The van der Waals surface area contributed by atoms with Crippen LogP contribution in [0, 0.1) is 17.2 Å². The van der Waals surface area contributed by atoms with Crippen LogP contribution in [-0.2, 0) is 17.7 Å². The van der Waals surface area contributed by atoms with Crippen molar-refractivity contribution in [3.63, 3.8) is 0 Å². The standard InChI is InChI=1S/C33H31N3O4/c1-36(20-23-9-5-3-6-10-23)21-26-29(24-11-7-4-8-12-24)33(25-15-13-22(17-34)14-16-25)32(38,31(26)37)30-27(39-2)18-35-19-28(30)40-33/h3-16,18-19,26,29,31,37-38H,20-21H2,1-2H3/t26-,29?,31-,32+,33+/m1/s1. The van der Waals surface area contributed by atoms with Crippen LogP contribution in [0.4, 0.5) is 0 Å².